The van der Waals surface area contributed by atoms with E-state index in [0.717, 1.165) is 11.3 Å². The van der Waals surface area contributed by atoms with Crippen LogP contribution in [0.5, 0.6) is 11.5 Å². The zero-order valence-corrected chi connectivity index (χ0v) is 19.8. The van der Waals surface area contributed by atoms with Crippen LogP contribution in [0.1, 0.15) is 25.1 Å². The fraction of sp³-hybridized carbons (Fsp3) is 0.391. The second kappa shape index (κ2) is 11.8. The molecule has 3 heterocycles. The quantitative estimate of drug-likeness (QED) is 0.430. The number of aromatic nitrogens is 5. The van der Waals surface area contributed by atoms with Crippen molar-refractivity contribution in [3.63, 3.8) is 0 Å². The van der Waals surface area contributed by atoms with E-state index in [9.17, 15) is 4.79 Å². The van der Waals surface area contributed by atoms with Crippen LogP contribution in [0.15, 0.2) is 30.7 Å². The molecule has 3 rings (SSSR count). The first-order chi connectivity index (χ1) is 16.5. The van der Waals surface area contributed by atoms with Crippen molar-refractivity contribution < 1.29 is 19.4 Å². The van der Waals surface area contributed by atoms with Gasteiger partial charge in [-0.15, -0.1) is 0 Å². The Morgan fingerprint density at radius 2 is 1.88 bits per heavy atom. The van der Waals surface area contributed by atoms with Crippen LogP contribution in [0.4, 0.5) is 11.8 Å². The molecule has 1 amide bonds. The Kier molecular flexibility index (Phi) is 8.63. The largest absolute Gasteiger partial charge is 0.494 e. The van der Waals surface area contributed by atoms with E-state index in [4.69, 9.17) is 24.5 Å². The summed E-state index contributed by atoms with van der Waals surface area (Å²) in [5.41, 5.74) is 2.39. The molecular weight excluding hydrogens is 438 g/mol. The van der Waals surface area contributed by atoms with E-state index in [2.05, 4.69) is 20.3 Å². The van der Waals surface area contributed by atoms with E-state index in [-0.39, 0.29) is 31.6 Å². The number of nitrogens with one attached hydrogen (secondary N) is 1. The maximum atomic E-state index is 12.6. The molecule has 0 saturated heterocycles. The second-order valence-corrected chi connectivity index (χ2v) is 7.30. The Labute approximate surface area is 198 Å². The number of nitrogens with zero attached hydrogens (tertiary/aromatic N) is 6. The molecule has 11 heteroatoms. The normalized spacial score (nSPS) is 10.6. The molecule has 34 heavy (non-hydrogen) atoms. The van der Waals surface area contributed by atoms with Crippen LogP contribution in [0.3, 0.4) is 0 Å². The maximum absolute atomic E-state index is 12.6. The van der Waals surface area contributed by atoms with Crippen molar-refractivity contribution in [1.82, 2.24) is 24.9 Å². The third kappa shape index (κ3) is 6.13. The van der Waals surface area contributed by atoms with Crippen molar-refractivity contribution in [2.45, 2.75) is 26.7 Å². The fourth-order valence-corrected chi connectivity index (χ4v) is 3.33. The number of aliphatic hydroxyl groups is 1. The number of hydrogen-bond donors (Lipinski definition) is 2. The van der Waals surface area contributed by atoms with Gasteiger partial charge in [0.2, 0.25) is 11.9 Å². The van der Waals surface area contributed by atoms with Crippen LogP contribution >= 0.6 is 0 Å². The number of carbonyl (C=O) groups excluding carboxylic acids is 1. The molecule has 0 saturated carbocycles. The summed E-state index contributed by atoms with van der Waals surface area (Å²) in [5, 5.41) is 11.7. The Hall–Kier alpha value is -3.86. The molecule has 0 aromatic carbocycles. The highest BCUT2D eigenvalue weighted by molar-refractivity contribution is 5.92. The number of aryl methyl sites for hydroxylation is 1. The number of amides is 1. The lowest BCUT2D eigenvalue weighted by molar-refractivity contribution is -0.115. The van der Waals surface area contributed by atoms with E-state index in [1.54, 1.807) is 30.3 Å². The SMILES string of the molecule is CCc1nc(-c2cc(OCCO)ccn2)nc(N(C)CC(=O)Nc2ncc(OC)cn2)c1CC. The van der Waals surface area contributed by atoms with E-state index in [1.165, 1.54) is 19.5 Å². The van der Waals surface area contributed by atoms with Crippen molar-refractivity contribution in [1.29, 1.82) is 0 Å². The van der Waals surface area contributed by atoms with Crippen molar-refractivity contribution in [3.05, 3.63) is 42.0 Å². The van der Waals surface area contributed by atoms with Gasteiger partial charge in [-0.3, -0.25) is 15.1 Å². The fourth-order valence-electron chi connectivity index (χ4n) is 3.33. The summed E-state index contributed by atoms with van der Waals surface area (Å²) < 4.78 is 10.5. The average molecular weight is 468 g/mol. The van der Waals surface area contributed by atoms with Crippen LogP contribution < -0.4 is 19.7 Å². The number of rotatable bonds is 11. The van der Waals surface area contributed by atoms with Gasteiger partial charge in [-0.25, -0.2) is 19.9 Å². The molecule has 0 aliphatic carbocycles. The lowest BCUT2D eigenvalue weighted by Crippen LogP contribution is -2.32. The number of hydrogen-bond acceptors (Lipinski definition) is 10. The average Bonchev–Trinajstić information content (AvgIpc) is 2.87. The molecule has 3 aromatic rings. The predicted molar refractivity (Wildman–Crippen MR) is 127 cm³/mol. The lowest BCUT2D eigenvalue weighted by atomic mass is 10.1. The highest BCUT2D eigenvalue weighted by atomic mass is 16.5. The number of methoxy groups -OCH3 is 1. The number of pyridine rings is 1. The molecule has 0 spiro atoms. The van der Waals surface area contributed by atoms with Crippen LogP contribution in [-0.2, 0) is 17.6 Å². The number of aliphatic hydroxyl groups excluding tert-OH is 1. The van der Waals surface area contributed by atoms with Crippen molar-refractivity contribution in [2.24, 2.45) is 0 Å². The van der Waals surface area contributed by atoms with Crippen molar-refractivity contribution in [2.75, 3.05) is 44.1 Å². The topological polar surface area (TPSA) is 135 Å². The molecule has 0 unspecified atom stereocenters. The Morgan fingerprint density at radius 1 is 1.12 bits per heavy atom. The van der Waals surface area contributed by atoms with E-state index >= 15 is 0 Å². The molecular formula is C23H29N7O4. The smallest absolute Gasteiger partial charge is 0.246 e. The molecule has 0 aliphatic rings. The van der Waals surface area contributed by atoms with Crippen LogP contribution in [-0.4, -0.2) is 69.8 Å². The monoisotopic (exact) mass is 467 g/mol. The minimum absolute atomic E-state index is 0.0368. The van der Waals surface area contributed by atoms with Gasteiger partial charge in [0.25, 0.3) is 0 Å². The lowest BCUT2D eigenvalue weighted by Gasteiger charge is -2.22. The number of carbonyl (C=O) groups is 1. The summed E-state index contributed by atoms with van der Waals surface area (Å²) in [6.45, 7) is 4.19. The van der Waals surface area contributed by atoms with Crippen molar-refractivity contribution >= 4 is 17.7 Å². The van der Waals surface area contributed by atoms with Gasteiger partial charge in [-0.05, 0) is 18.9 Å². The zero-order chi connectivity index (χ0) is 24.5. The minimum atomic E-state index is -0.287. The van der Waals surface area contributed by atoms with Crippen LogP contribution in [0.2, 0.25) is 0 Å². The highest BCUT2D eigenvalue weighted by Crippen LogP contribution is 2.26. The molecule has 180 valence electrons. The second-order valence-electron chi connectivity index (χ2n) is 7.30. The zero-order valence-electron chi connectivity index (χ0n) is 19.8. The van der Waals surface area contributed by atoms with E-state index < -0.39 is 0 Å². The molecule has 0 fully saturated rings. The molecule has 0 radical (unpaired) electrons. The molecule has 2 N–H and O–H groups in total. The minimum Gasteiger partial charge on any atom is -0.494 e. The number of ether oxygens (including phenoxy) is 2. The Balaban J connectivity index is 1.86. The van der Waals surface area contributed by atoms with Gasteiger partial charge in [-0.1, -0.05) is 13.8 Å². The third-order valence-electron chi connectivity index (χ3n) is 4.94. The van der Waals surface area contributed by atoms with Gasteiger partial charge in [0, 0.05) is 30.6 Å². The van der Waals surface area contributed by atoms with Gasteiger partial charge in [0.15, 0.2) is 11.6 Å². The molecule has 0 aliphatic heterocycles. The molecule has 0 atom stereocenters. The molecule has 11 nitrogen and oxygen atoms in total. The van der Waals surface area contributed by atoms with E-state index in [0.29, 0.717) is 41.7 Å². The van der Waals surface area contributed by atoms with Gasteiger partial charge < -0.3 is 19.5 Å². The molecule has 3 aromatic heterocycles. The first-order valence-corrected chi connectivity index (χ1v) is 11.0. The van der Waals surface area contributed by atoms with Gasteiger partial charge in [0.1, 0.15) is 23.9 Å². The van der Waals surface area contributed by atoms with Crippen molar-refractivity contribution in [3.8, 4) is 23.0 Å². The standard InChI is InChI=1S/C23H29N7O4/c1-5-17-18(6-2)27-21(19-11-15(7-8-24-19)34-10-9-31)29-22(17)30(3)14-20(32)28-23-25-12-16(33-4)13-26-23/h7-8,11-13,31H,5-6,9-10,14H2,1-4H3,(H,25,26,28,32). The van der Waals surface area contributed by atoms with E-state index in [1.807, 2.05) is 13.8 Å². The maximum Gasteiger partial charge on any atom is 0.246 e. The summed E-state index contributed by atoms with van der Waals surface area (Å²) in [7, 11) is 3.32. The Morgan fingerprint density at radius 3 is 2.53 bits per heavy atom. The summed E-state index contributed by atoms with van der Waals surface area (Å²) in [5.74, 6) is 2.06. The van der Waals surface area contributed by atoms with Gasteiger partial charge in [-0.2, -0.15) is 0 Å². The summed E-state index contributed by atoms with van der Waals surface area (Å²) >= 11 is 0. The van der Waals surface area contributed by atoms with Gasteiger partial charge >= 0.3 is 0 Å². The van der Waals surface area contributed by atoms with Crippen LogP contribution in [0.25, 0.3) is 11.5 Å². The molecule has 0 bridgehead atoms. The summed E-state index contributed by atoms with van der Waals surface area (Å²) in [4.78, 5) is 36.4. The van der Waals surface area contributed by atoms with Crippen LogP contribution in [0, 0.1) is 0 Å². The summed E-state index contributed by atoms with van der Waals surface area (Å²) in [6, 6.07) is 3.44. The number of anilines is 2. The predicted octanol–water partition coefficient (Wildman–Crippen LogP) is 1.91. The summed E-state index contributed by atoms with van der Waals surface area (Å²) in [6.07, 6.45) is 5.98. The van der Waals surface area contributed by atoms with Gasteiger partial charge in [0.05, 0.1) is 32.7 Å². The highest BCUT2D eigenvalue weighted by Gasteiger charge is 2.19. The first-order valence-electron chi connectivity index (χ1n) is 11.0. The third-order valence-corrected chi connectivity index (χ3v) is 4.94. The number of likely N-dealkylation sites (N-methyl/N-ethyl adjacent to an activating group) is 1. The Bertz CT molecular complexity index is 1110. The first kappa shape index (κ1) is 24.8.